The zero-order chi connectivity index (χ0) is 32.2. The molecule has 0 aliphatic heterocycles. The van der Waals surface area contributed by atoms with Gasteiger partial charge < -0.3 is 30.3 Å². The van der Waals surface area contributed by atoms with Crippen LogP contribution in [0.2, 0.25) is 0 Å². The van der Waals surface area contributed by atoms with Crippen molar-refractivity contribution in [2.45, 2.75) is 51.6 Å². The quantitative estimate of drug-likeness (QED) is 0.0802. The topological polar surface area (TPSA) is 151 Å². The van der Waals surface area contributed by atoms with Crippen LogP contribution in [0.4, 0.5) is 0 Å². The van der Waals surface area contributed by atoms with Gasteiger partial charge in [0, 0.05) is 23.7 Å². The highest BCUT2D eigenvalue weighted by Gasteiger charge is 2.22. The number of carboxylic acids is 2. The van der Waals surface area contributed by atoms with Gasteiger partial charge in [-0.3, -0.25) is 9.59 Å². The molecule has 0 fully saturated rings. The predicted molar refractivity (Wildman–Crippen MR) is 176 cm³/mol. The van der Waals surface area contributed by atoms with Crippen molar-refractivity contribution in [3.63, 3.8) is 0 Å². The molecule has 0 spiro atoms. The van der Waals surface area contributed by atoms with E-state index in [2.05, 4.69) is 24.5 Å². The molecule has 0 aromatic heterocycles. The Balaban J connectivity index is 1.77. The number of carbonyl (C=O) groups excluding carboxylic acids is 2. The summed E-state index contributed by atoms with van der Waals surface area (Å²) in [4.78, 5) is 48.0. The molecule has 2 atom stereocenters. The van der Waals surface area contributed by atoms with Crippen LogP contribution in [0.1, 0.15) is 50.7 Å². The van der Waals surface area contributed by atoms with Crippen molar-refractivity contribution >= 4 is 57.5 Å². The van der Waals surface area contributed by atoms with Crippen molar-refractivity contribution in [3.05, 3.63) is 71.8 Å². The van der Waals surface area contributed by atoms with Gasteiger partial charge in [-0.05, 0) is 60.4 Å². The van der Waals surface area contributed by atoms with Crippen LogP contribution in [0.5, 0.6) is 11.5 Å². The first-order valence-electron chi connectivity index (χ1n) is 14.3. The molecule has 0 radical (unpaired) electrons. The highest BCUT2D eigenvalue weighted by Crippen LogP contribution is 2.23. The van der Waals surface area contributed by atoms with E-state index in [0.29, 0.717) is 13.2 Å². The fraction of sp³-hybridized carbons (Fsp3) is 0.375. The third-order valence-electron chi connectivity index (χ3n) is 5.93. The van der Waals surface area contributed by atoms with Gasteiger partial charge in [-0.2, -0.15) is 0 Å². The molecule has 0 saturated carbocycles. The first kappa shape index (κ1) is 36.3. The molecule has 0 heterocycles. The molecule has 0 aliphatic rings. The average Bonchev–Trinajstić information content (AvgIpc) is 3.01. The Morgan fingerprint density at radius 1 is 0.682 bits per heavy atom. The lowest BCUT2D eigenvalue weighted by Gasteiger charge is -2.15. The Kier molecular flexibility index (Phi) is 17.2. The van der Waals surface area contributed by atoms with Crippen LogP contribution in [0.3, 0.4) is 0 Å². The van der Waals surface area contributed by atoms with Gasteiger partial charge in [0.05, 0.1) is 13.2 Å². The van der Waals surface area contributed by atoms with E-state index in [0.717, 1.165) is 69.9 Å². The van der Waals surface area contributed by atoms with Crippen LogP contribution in [-0.2, 0) is 19.2 Å². The Morgan fingerprint density at radius 3 is 1.36 bits per heavy atom. The van der Waals surface area contributed by atoms with Gasteiger partial charge in [-0.1, -0.05) is 72.5 Å². The predicted octanol–water partition coefficient (Wildman–Crippen LogP) is 5.29. The Morgan fingerprint density at radius 2 is 1.05 bits per heavy atom. The molecule has 0 saturated heterocycles. The molecular formula is C32H40N2O8S2. The van der Waals surface area contributed by atoms with Gasteiger partial charge in [0.2, 0.25) is 11.8 Å². The lowest BCUT2D eigenvalue weighted by molar-refractivity contribution is -0.141. The zero-order valence-corrected chi connectivity index (χ0v) is 26.5. The van der Waals surface area contributed by atoms with Crippen molar-refractivity contribution in [3.8, 4) is 11.5 Å². The number of carboxylic acid groups (broad SMARTS) is 2. The number of unbranched alkanes of at least 4 members (excludes halogenated alkanes) is 2. The molecule has 12 heteroatoms. The molecular weight excluding hydrogens is 604 g/mol. The lowest BCUT2D eigenvalue weighted by atomic mass is 10.2. The molecule has 44 heavy (non-hydrogen) atoms. The second-order valence-electron chi connectivity index (χ2n) is 9.58. The van der Waals surface area contributed by atoms with Crippen LogP contribution in [0, 0.1) is 0 Å². The van der Waals surface area contributed by atoms with E-state index in [1.807, 2.05) is 0 Å². The molecule has 0 aliphatic carbocycles. The number of nitrogens with one attached hydrogen (secondary N) is 2. The van der Waals surface area contributed by atoms with E-state index in [4.69, 9.17) is 9.47 Å². The number of benzene rings is 2. The van der Waals surface area contributed by atoms with Crippen LogP contribution in [-0.4, -0.2) is 70.8 Å². The van der Waals surface area contributed by atoms with Crippen molar-refractivity contribution in [1.82, 2.24) is 10.6 Å². The number of ether oxygens (including phenoxy) is 2. The number of hydrogen-bond acceptors (Lipinski definition) is 8. The van der Waals surface area contributed by atoms with Crippen LogP contribution < -0.4 is 20.1 Å². The molecule has 2 aromatic carbocycles. The summed E-state index contributed by atoms with van der Waals surface area (Å²) in [5, 5.41) is 23.9. The van der Waals surface area contributed by atoms with Crippen molar-refractivity contribution in [2.75, 3.05) is 24.7 Å². The van der Waals surface area contributed by atoms with Crippen molar-refractivity contribution < 1.29 is 38.9 Å². The summed E-state index contributed by atoms with van der Waals surface area (Å²) in [6.07, 6.45) is 9.64. The molecule has 0 unspecified atom stereocenters. The van der Waals surface area contributed by atoms with Crippen molar-refractivity contribution in [1.29, 1.82) is 0 Å². The number of aliphatic carboxylic acids is 2. The monoisotopic (exact) mass is 644 g/mol. The lowest BCUT2D eigenvalue weighted by Crippen LogP contribution is -2.42. The molecule has 2 rings (SSSR count). The van der Waals surface area contributed by atoms with Gasteiger partial charge in [-0.15, -0.1) is 0 Å². The van der Waals surface area contributed by atoms with E-state index in [9.17, 15) is 29.4 Å². The fourth-order valence-corrected chi connectivity index (χ4v) is 5.69. The minimum Gasteiger partial charge on any atom is -0.494 e. The Bertz CT molecular complexity index is 1150. The van der Waals surface area contributed by atoms with E-state index in [1.54, 1.807) is 60.7 Å². The van der Waals surface area contributed by atoms with Crippen LogP contribution in [0.15, 0.2) is 60.7 Å². The molecule has 238 valence electrons. The molecule has 0 bridgehead atoms. The van der Waals surface area contributed by atoms with E-state index < -0.39 is 35.8 Å². The smallest absolute Gasteiger partial charge is 0.327 e. The first-order chi connectivity index (χ1) is 21.2. The summed E-state index contributed by atoms with van der Waals surface area (Å²) in [7, 11) is 2.17. The van der Waals surface area contributed by atoms with E-state index >= 15 is 0 Å². The summed E-state index contributed by atoms with van der Waals surface area (Å²) in [5.41, 5.74) is 1.50. The van der Waals surface area contributed by atoms with Gasteiger partial charge in [0.1, 0.15) is 23.6 Å². The molecule has 4 N–H and O–H groups in total. The summed E-state index contributed by atoms with van der Waals surface area (Å²) in [6.45, 7) is 5.43. The number of amides is 2. The van der Waals surface area contributed by atoms with Crippen molar-refractivity contribution in [2.24, 2.45) is 0 Å². The standard InChI is InChI=1S/C32H40N2O8S2/c1-3-5-19-41-25-13-7-23(8-14-25)11-17-29(35)33-27(31(37)38)21-43-44-22-28(32(39)40)34-30(36)18-12-24-9-15-26(16-10-24)42-20-6-4-2/h7-18,27-28H,3-6,19-22H2,1-2H3,(H,33,35)(H,34,36)(H,37,38)(H,39,40)/b17-11+,18-12+/t27-,28-/m0/s1. The maximum absolute atomic E-state index is 12.3. The minimum atomic E-state index is -1.22. The third-order valence-corrected chi connectivity index (χ3v) is 8.35. The molecule has 2 aromatic rings. The number of carbonyl (C=O) groups is 4. The summed E-state index contributed by atoms with van der Waals surface area (Å²) in [6, 6.07) is 12.0. The summed E-state index contributed by atoms with van der Waals surface area (Å²) in [5.74, 6) is -2.15. The van der Waals surface area contributed by atoms with Gasteiger partial charge in [0.15, 0.2) is 0 Å². The maximum Gasteiger partial charge on any atom is 0.327 e. The average molecular weight is 645 g/mol. The highest BCUT2D eigenvalue weighted by atomic mass is 33.1. The van der Waals surface area contributed by atoms with E-state index in [-0.39, 0.29) is 11.5 Å². The SMILES string of the molecule is CCCCOc1ccc(/C=C/C(=O)N[C@@H](CSSC[C@H](NC(=O)/C=C/c2ccc(OCCCC)cc2)C(=O)O)C(=O)O)cc1. The number of hydrogen-bond donors (Lipinski definition) is 4. The third kappa shape index (κ3) is 15.0. The molecule has 10 nitrogen and oxygen atoms in total. The van der Waals surface area contributed by atoms with Gasteiger partial charge in [0.25, 0.3) is 0 Å². The minimum absolute atomic E-state index is 0.0122. The Hall–Kier alpha value is -3.90. The summed E-state index contributed by atoms with van der Waals surface area (Å²) >= 11 is 0. The van der Waals surface area contributed by atoms with Crippen LogP contribution >= 0.6 is 21.6 Å². The largest absolute Gasteiger partial charge is 0.494 e. The normalized spacial score (nSPS) is 12.5. The van der Waals surface area contributed by atoms with Gasteiger partial charge in [-0.25, -0.2) is 9.59 Å². The van der Waals surface area contributed by atoms with Gasteiger partial charge >= 0.3 is 11.9 Å². The van der Waals surface area contributed by atoms with E-state index in [1.165, 1.54) is 12.2 Å². The van der Waals surface area contributed by atoms with Crippen LogP contribution in [0.25, 0.3) is 12.2 Å². The second kappa shape index (κ2) is 20.9. The summed E-state index contributed by atoms with van der Waals surface area (Å²) < 4.78 is 11.2. The Labute approximate surface area is 266 Å². The zero-order valence-electron chi connectivity index (χ0n) is 24.9. The maximum atomic E-state index is 12.3. The number of rotatable bonds is 21. The fourth-order valence-electron chi connectivity index (χ4n) is 3.38. The highest BCUT2D eigenvalue weighted by molar-refractivity contribution is 8.76. The molecule has 2 amide bonds. The second-order valence-corrected chi connectivity index (χ2v) is 12.1. The first-order valence-corrected chi connectivity index (χ1v) is 16.8.